The summed E-state index contributed by atoms with van der Waals surface area (Å²) in [5.74, 6) is 1.25. The fourth-order valence-electron chi connectivity index (χ4n) is 1.35. The molecule has 1 aromatic rings. The van der Waals surface area contributed by atoms with Crippen molar-refractivity contribution in [1.29, 1.82) is 0 Å². The van der Waals surface area contributed by atoms with Gasteiger partial charge in [-0.05, 0) is 12.2 Å². The third-order valence-electron chi connectivity index (χ3n) is 2.30. The van der Waals surface area contributed by atoms with Gasteiger partial charge in [0.25, 0.3) is 5.69 Å². The van der Waals surface area contributed by atoms with Crippen molar-refractivity contribution in [2.45, 2.75) is 26.2 Å². The van der Waals surface area contributed by atoms with Crippen LogP contribution in [0.5, 0.6) is 0 Å². The molecule has 5 nitrogen and oxygen atoms in total. The number of rotatable bonds is 8. The zero-order valence-electron chi connectivity index (χ0n) is 9.77. The third-order valence-corrected chi connectivity index (χ3v) is 3.35. The largest absolute Gasteiger partial charge is 0.353 e. The Morgan fingerprint density at radius 3 is 2.88 bits per heavy atom. The first-order valence-electron chi connectivity index (χ1n) is 5.59. The van der Waals surface area contributed by atoms with Crippen molar-refractivity contribution < 1.29 is 9.72 Å². The highest BCUT2D eigenvalue weighted by Gasteiger charge is 2.13. The van der Waals surface area contributed by atoms with Crippen LogP contribution in [0.4, 0.5) is 5.69 Å². The maximum absolute atomic E-state index is 11.6. The Kier molecular flexibility index (Phi) is 5.76. The van der Waals surface area contributed by atoms with Gasteiger partial charge in [-0.25, -0.2) is 0 Å². The second-order valence-electron chi connectivity index (χ2n) is 3.71. The molecule has 0 spiro atoms. The maximum atomic E-state index is 11.6. The van der Waals surface area contributed by atoms with Crippen molar-refractivity contribution in [1.82, 2.24) is 4.98 Å². The van der Waals surface area contributed by atoms with E-state index >= 15 is 0 Å². The molecule has 6 heteroatoms. The SMILES string of the molecule is CCCCCSCC(=O)c1cc([N+](=O)[O-])c[nH]1. The summed E-state index contributed by atoms with van der Waals surface area (Å²) in [5, 5.41) is 10.4. The molecule has 0 aliphatic rings. The fraction of sp³-hybridized carbons (Fsp3) is 0.545. The Morgan fingerprint density at radius 1 is 1.53 bits per heavy atom. The van der Waals surface area contributed by atoms with E-state index in [0.29, 0.717) is 11.4 Å². The number of Topliss-reactive ketones (excluding diaryl/α,β-unsaturated/α-hetero) is 1. The van der Waals surface area contributed by atoms with E-state index in [-0.39, 0.29) is 11.5 Å². The van der Waals surface area contributed by atoms with Gasteiger partial charge in [0.2, 0.25) is 0 Å². The standard InChI is InChI=1S/C11H16N2O3S/c1-2-3-4-5-17-8-11(14)10-6-9(7-12-10)13(15)16/h6-7,12H,2-5,8H2,1H3. The Morgan fingerprint density at radius 2 is 2.29 bits per heavy atom. The number of ketones is 1. The molecular weight excluding hydrogens is 240 g/mol. The molecule has 94 valence electrons. The second kappa shape index (κ2) is 7.11. The van der Waals surface area contributed by atoms with Gasteiger partial charge in [-0.1, -0.05) is 19.8 Å². The Labute approximate surface area is 104 Å². The fourth-order valence-corrected chi connectivity index (χ4v) is 2.24. The number of nitrogens with one attached hydrogen (secondary N) is 1. The van der Waals surface area contributed by atoms with Crippen molar-refractivity contribution in [2.24, 2.45) is 0 Å². The average molecular weight is 256 g/mol. The molecule has 0 radical (unpaired) electrons. The Balaban J connectivity index is 2.34. The lowest BCUT2D eigenvalue weighted by molar-refractivity contribution is -0.384. The summed E-state index contributed by atoms with van der Waals surface area (Å²) in [6, 6.07) is 1.29. The van der Waals surface area contributed by atoms with Crippen LogP contribution in [0, 0.1) is 10.1 Å². The van der Waals surface area contributed by atoms with E-state index in [2.05, 4.69) is 11.9 Å². The van der Waals surface area contributed by atoms with Crippen molar-refractivity contribution in [3.05, 3.63) is 28.1 Å². The average Bonchev–Trinajstić information content (AvgIpc) is 2.78. The van der Waals surface area contributed by atoms with Crippen LogP contribution < -0.4 is 0 Å². The van der Waals surface area contributed by atoms with Crippen molar-refractivity contribution in [3.8, 4) is 0 Å². The molecule has 1 heterocycles. The predicted octanol–water partition coefficient (Wildman–Crippen LogP) is 3.03. The van der Waals surface area contributed by atoms with Crippen molar-refractivity contribution >= 4 is 23.2 Å². The van der Waals surface area contributed by atoms with Crippen LogP contribution in [-0.4, -0.2) is 27.2 Å². The smallest absolute Gasteiger partial charge is 0.287 e. The van der Waals surface area contributed by atoms with Crippen LogP contribution in [0.25, 0.3) is 0 Å². The minimum Gasteiger partial charge on any atom is -0.353 e. The van der Waals surface area contributed by atoms with E-state index in [1.165, 1.54) is 18.7 Å². The van der Waals surface area contributed by atoms with E-state index < -0.39 is 4.92 Å². The van der Waals surface area contributed by atoms with Crippen molar-refractivity contribution in [3.63, 3.8) is 0 Å². The first-order valence-corrected chi connectivity index (χ1v) is 6.74. The van der Waals surface area contributed by atoms with Crippen LogP contribution >= 0.6 is 11.8 Å². The molecule has 0 aromatic carbocycles. The number of aromatic nitrogens is 1. The highest BCUT2D eigenvalue weighted by molar-refractivity contribution is 7.99. The quantitative estimate of drug-likeness (QED) is 0.336. The summed E-state index contributed by atoms with van der Waals surface area (Å²) in [6.45, 7) is 2.13. The maximum Gasteiger partial charge on any atom is 0.287 e. The lowest BCUT2D eigenvalue weighted by Crippen LogP contribution is -2.03. The molecule has 0 fully saturated rings. The van der Waals surface area contributed by atoms with Gasteiger partial charge in [0, 0.05) is 6.07 Å². The van der Waals surface area contributed by atoms with Gasteiger partial charge in [-0.15, -0.1) is 0 Å². The lowest BCUT2D eigenvalue weighted by Gasteiger charge is -1.98. The van der Waals surface area contributed by atoms with E-state index in [9.17, 15) is 14.9 Å². The molecule has 1 rings (SSSR count). The number of carbonyl (C=O) groups excluding carboxylic acids is 1. The number of aromatic amines is 1. The van der Waals surface area contributed by atoms with Crippen LogP contribution in [0.15, 0.2) is 12.3 Å². The minimum atomic E-state index is -0.512. The monoisotopic (exact) mass is 256 g/mol. The third kappa shape index (κ3) is 4.60. The Hall–Kier alpha value is -1.30. The number of H-pyrrole nitrogens is 1. The molecule has 0 aliphatic carbocycles. The molecule has 0 atom stereocenters. The zero-order chi connectivity index (χ0) is 12.7. The van der Waals surface area contributed by atoms with E-state index in [4.69, 9.17) is 0 Å². The summed E-state index contributed by atoms with van der Waals surface area (Å²) in [4.78, 5) is 24.2. The van der Waals surface area contributed by atoms with Crippen LogP contribution in [-0.2, 0) is 0 Å². The zero-order valence-corrected chi connectivity index (χ0v) is 10.6. The highest BCUT2D eigenvalue weighted by atomic mass is 32.2. The van der Waals surface area contributed by atoms with Crippen LogP contribution in [0.2, 0.25) is 0 Å². The van der Waals surface area contributed by atoms with E-state index in [0.717, 1.165) is 18.6 Å². The van der Waals surface area contributed by atoms with Gasteiger partial charge in [-0.3, -0.25) is 14.9 Å². The minimum absolute atomic E-state index is 0.0654. The summed E-state index contributed by atoms with van der Waals surface area (Å²) in [6.07, 6.45) is 4.70. The molecule has 0 saturated carbocycles. The molecular formula is C11H16N2O3S. The molecule has 0 saturated heterocycles. The molecule has 0 unspecified atom stereocenters. The van der Waals surface area contributed by atoms with E-state index in [1.54, 1.807) is 11.8 Å². The summed E-state index contributed by atoms with van der Waals surface area (Å²) in [7, 11) is 0. The Bertz CT molecular complexity index is 390. The highest BCUT2D eigenvalue weighted by Crippen LogP contribution is 2.15. The normalized spacial score (nSPS) is 10.4. The summed E-state index contributed by atoms with van der Waals surface area (Å²) >= 11 is 1.57. The predicted molar refractivity (Wildman–Crippen MR) is 68.6 cm³/mol. The molecule has 0 amide bonds. The topological polar surface area (TPSA) is 76.0 Å². The molecule has 1 N–H and O–H groups in total. The number of thioether (sulfide) groups is 1. The first kappa shape index (κ1) is 13.8. The van der Waals surface area contributed by atoms with Crippen molar-refractivity contribution in [2.75, 3.05) is 11.5 Å². The molecule has 0 aliphatic heterocycles. The van der Waals surface area contributed by atoms with Gasteiger partial charge in [-0.2, -0.15) is 11.8 Å². The van der Waals surface area contributed by atoms with Crippen LogP contribution in [0.1, 0.15) is 36.7 Å². The first-order chi connectivity index (χ1) is 8.15. The number of unbranched alkanes of at least 4 members (excludes halogenated alkanes) is 2. The van der Waals surface area contributed by atoms with Gasteiger partial charge >= 0.3 is 0 Å². The van der Waals surface area contributed by atoms with Gasteiger partial charge in [0.15, 0.2) is 5.78 Å². The van der Waals surface area contributed by atoms with Gasteiger partial charge in [0.05, 0.1) is 22.6 Å². The number of hydrogen-bond acceptors (Lipinski definition) is 4. The molecule has 17 heavy (non-hydrogen) atoms. The molecule has 1 aromatic heterocycles. The summed E-state index contributed by atoms with van der Waals surface area (Å²) < 4.78 is 0. The lowest BCUT2D eigenvalue weighted by atomic mass is 10.3. The summed E-state index contributed by atoms with van der Waals surface area (Å²) in [5.41, 5.74) is 0.254. The van der Waals surface area contributed by atoms with E-state index in [1.807, 2.05) is 0 Å². The molecule has 0 bridgehead atoms. The van der Waals surface area contributed by atoms with Gasteiger partial charge < -0.3 is 4.98 Å². The number of hydrogen-bond donors (Lipinski definition) is 1. The van der Waals surface area contributed by atoms with Crippen LogP contribution in [0.3, 0.4) is 0 Å². The number of nitro groups is 1. The number of carbonyl (C=O) groups is 1. The van der Waals surface area contributed by atoms with Gasteiger partial charge in [0.1, 0.15) is 0 Å². The number of nitrogens with zero attached hydrogens (tertiary/aromatic N) is 1. The second-order valence-corrected chi connectivity index (χ2v) is 4.82.